The first-order valence-electron chi connectivity index (χ1n) is 20.9. The maximum absolute atomic E-state index is 13.5. The molecule has 0 saturated carbocycles. The van der Waals surface area contributed by atoms with Crippen LogP contribution in [-0.4, -0.2) is 129 Å². The Balaban J connectivity index is 1.18. The molecule has 3 aromatic carbocycles. The number of aliphatic hydroxyl groups excluding tert-OH is 1. The van der Waals surface area contributed by atoms with Gasteiger partial charge < -0.3 is 58.4 Å². The minimum Gasteiger partial charge on any atom is -0.467 e. The number of methoxy groups -OCH3 is 1. The van der Waals surface area contributed by atoms with Crippen molar-refractivity contribution in [3.63, 3.8) is 0 Å². The lowest BCUT2D eigenvalue weighted by atomic mass is 9.97. The number of carbonyl (C=O) groups excluding carboxylic acids is 7. The van der Waals surface area contributed by atoms with Crippen LogP contribution in [0.4, 0.5) is 15.3 Å². The van der Waals surface area contributed by atoms with Crippen LogP contribution in [0, 0.1) is 0 Å². The predicted molar refractivity (Wildman–Crippen MR) is 224 cm³/mol. The largest absolute Gasteiger partial charge is 0.467 e. The van der Waals surface area contributed by atoms with E-state index in [1.54, 1.807) is 0 Å². The zero-order chi connectivity index (χ0) is 46.6. The molecule has 6 atom stereocenters. The second kappa shape index (κ2) is 22.2. The van der Waals surface area contributed by atoms with E-state index in [0.717, 1.165) is 50.1 Å². The van der Waals surface area contributed by atoms with Gasteiger partial charge in [0.15, 0.2) is 18.3 Å². The molecule has 0 radical (unpaired) electrons. The van der Waals surface area contributed by atoms with Crippen LogP contribution in [0.3, 0.4) is 0 Å². The summed E-state index contributed by atoms with van der Waals surface area (Å²) in [6.07, 6.45) is -9.93. The number of carbonyl (C=O) groups is 7. The maximum atomic E-state index is 13.5. The molecule has 3 aliphatic rings. The minimum atomic E-state index is -1.76. The number of benzene rings is 3. The van der Waals surface area contributed by atoms with Crippen LogP contribution in [0.15, 0.2) is 66.7 Å². The lowest BCUT2D eigenvalue weighted by Crippen LogP contribution is -2.64. The molecule has 1 aliphatic carbocycles. The van der Waals surface area contributed by atoms with Gasteiger partial charge in [-0.3, -0.25) is 24.1 Å². The zero-order valence-corrected chi connectivity index (χ0v) is 36.2. The van der Waals surface area contributed by atoms with Gasteiger partial charge in [-0.05, 0) is 52.8 Å². The van der Waals surface area contributed by atoms with Gasteiger partial charge in [0.1, 0.15) is 25.2 Å². The first kappa shape index (κ1) is 47.7. The summed E-state index contributed by atoms with van der Waals surface area (Å²) in [5.41, 5.74) is 4.55. The highest BCUT2D eigenvalue weighted by atomic mass is 16.7. The van der Waals surface area contributed by atoms with Crippen molar-refractivity contribution in [1.29, 1.82) is 0 Å². The first-order chi connectivity index (χ1) is 31.3. The summed E-state index contributed by atoms with van der Waals surface area (Å²) in [5, 5.41) is 14.6. The number of alkyl carbamates (subject to hydrolysis) is 1. The number of amides is 3. The molecule has 1 unspecified atom stereocenters. The Morgan fingerprint density at radius 3 is 2.11 bits per heavy atom. The van der Waals surface area contributed by atoms with Crippen LogP contribution in [0.2, 0.25) is 0 Å². The van der Waals surface area contributed by atoms with E-state index in [0.29, 0.717) is 18.4 Å². The Morgan fingerprint density at radius 1 is 0.815 bits per heavy atom. The van der Waals surface area contributed by atoms with Crippen LogP contribution in [-0.2, 0) is 68.5 Å². The van der Waals surface area contributed by atoms with Gasteiger partial charge in [0.05, 0.1) is 25.9 Å². The molecule has 0 bridgehead atoms. The fourth-order valence-corrected chi connectivity index (χ4v) is 7.77. The van der Waals surface area contributed by atoms with Crippen molar-refractivity contribution in [2.24, 2.45) is 0 Å². The molecule has 20 nitrogen and oxygen atoms in total. The van der Waals surface area contributed by atoms with Crippen molar-refractivity contribution >= 4 is 47.7 Å². The van der Waals surface area contributed by atoms with E-state index in [-0.39, 0.29) is 63.3 Å². The van der Waals surface area contributed by atoms with Crippen LogP contribution in [0.25, 0.3) is 11.1 Å². The highest BCUT2D eigenvalue weighted by Gasteiger charge is 2.56. The zero-order valence-electron chi connectivity index (χ0n) is 36.2. The van der Waals surface area contributed by atoms with E-state index in [1.807, 2.05) is 48.5 Å². The third-order valence-electron chi connectivity index (χ3n) is 10.6. The lowest BCUT2D eigenvalue weighted by molar-refractivity contribution is -0.282. The molecular weight excluding hydrogens is 854 g/mol. The van der Waals surface area contributed by atoms with E-state index in [2.05, 4.69) is 10.6 Å². The number of nitrogens with zero attached hydrogens (tertiary/aromatic N) is 1. The molecule has 3 aromatic rings. The Morgan fingerprint density at radius 2 is 1.46 bits per heavy atom. The molecule has 65 heavy (non-hydrogen) atoms. The molecule has 2 heterocycles. The summed E-state index contributed by atoms with van der Waals surface area (Å²) in [6, 6.07) is 20.1. The number of hydrogen-bond donors (Lipinski definition) is 3. The van der Waals surface area contributed by atoms with Crippen molar-refractivity contribution in [2.45, 2.75) is 89.5 Å². The number of ether oxygens (including phenoxy) is 9. The van der Waals surface area contributed by atoms with Crippen molar-refractivity contribution < 1.29 is 81.3 Å². The summed E-state index contributed by atoms with van der Waals surface area (Å²) < 4.78 is 50.0. The molecule has 348 valence electrons. The fraction of sp³-hybridized carbons (Fsp3) is 0.444. The molecule has 2 fully saturated rings. The second-order valence-electron chi connectivity index (χ2n) is 15.1. The molecule has 0 aromatic heterocycles. The normalized spacial score (nSPS) is 20.9. The number of nitrogens with one attached hydrogen (secondary N) is 2. The van der Waals surface area contributed by atoms with Crippen molar-refractivity contribution in [3.05, 3.63) is 83.4 Å². The van der Waals surface area contributed by atoms with Gasteiger partial charge >= 0.3 is 36.1 Å². The van der Waals surface area contributed by atoms with E-state index in [1.165, 1.54) is 23.1 Å². The Bertz CT molecular complexity index is 2190. The number of hydrogen-bond acceptors (Lipinski definition) is 17. The summed E-state index contributed by atoms with van der Waals surface area (Å²) in [5.74, 6) is -4.66. The monoisotopic (exact) mass is 905 g/mol. The second-order valence-corrected chi connectivity index (χ2v) is 15.1. The predicted octanol–water partition coefficient (Wildman–Crippen LogP) is 3.69. The van der Waals surface area contributed by atoms with E-state index < -0.39 is 78.9 Å². The van der Waals surface area contributed by atoms with Gasteiger partial charge in [0, 0.05) is 46.3 Å². The highest BCUT2D eigenvalue weighted by molar-refractivity contribution is 5.92. The van der Waals surface area contributed by atoms with Crippen molar-refractivity contribution in [2.75, 3.05) is 45.3 Å². The molecule has 3 amide bonds. The Labute approximate surface area is 373 Å². The van der Waals surface area contributed by atoms with Gasteiger partial charge in [-0.25, -0.2) is 14.4 Å². The average molecular weight is 906 g/mol. The summed E-state index contributed by atoms with van der Waals surface area (Å²) in [6.45, 7) is 3.25. The van der Waals surface area contributed by atoms with Gasteiger partial charge in [-0.15, -0.1) is 0 Å². The van der Waals surface area contributed by atoms with Gasteiger partial charge in [-0.1, -0.05) is 54.6 Å². The molecular formula is C45H51N3O17. The van der Waals surface area contributed by atoms with E-state index >= 15 is 0 Å². The molecule has 2 saturated heterocycles. The third-order valence-corrected chi connectivity index (χ3v) is 10.6. The quantitative estimate of drug-likeness (QED) is 0.129. The third kappa shape index (κ3) is 12.1. The SMILES string of the molecule is COC(=O)[C@H]1O[C@@H](Oc2ccc(COC(=O)N3CCOC3CCCO)cc2NC(=O)CCNC(=O)OCC2c3ccccc3-c3ccccc32)[C@@H](OC(C)=O)[C@H](OC(C)=O)[C@@H]1OC(C)=O. The number of aliphatic hydroxyl groups is 1. The lowest BCUT2D eigenvalue weighted by Gasteiger charge is -2.43. The first-order valence-corrected chi connectivity index (χ1v) is 20.9. The molecule has 2 aliphatic heterocycles. The fourth-order valence-electron chi connectivity index (χ4n) is 7.77. The Kier molecular flexibility index (Phi) is 16.3. The van der Waals surface area contributed by atoms with Crippen molar-refractivity contribution in [3.8, 4) is 16.9 Å². The average Bonchev–Trinajstić information content (AvgIpc) is 3.88. The summed E-state index contributed by atoms with van der Waals surface area (Å²) >= 11 is 0. The topological polar surface area (TPSA) is 250 Å². The highest BCUT2D eigenvalue weighted by Crippen LogP contribution is 2.44. The van der Waals surface area contributed by atoms with Crippen molar-refractivity contribution in [1.82, 2.24) is 10.2 Å². The van der Waals surface area contributed by atoms with Gasteiger partial charge in [0.2, 0.25) is 18.3 Å². The van der Waals surface area contributed by atoms with E-state index in [4.69, 9.17) is 42.6 Å². The van der Waals surface area contributed by atoms with Crippen LogP contribution in [0.1, 0.15) is 62.6 Å². The number of esters is 4. The molecule has 3 N–H and O–H groups in total. The number of rotatable bonds is 17. The molecule has 0 spiro atoms. The summed E-state index contributed by atoms with van der Waals surface area (Å²) in [7, 11) is 1.04. The smallest absolute Gasteiger partial charge is 0.412 e. The van der Waals surface area contributed by atoms with Crippen LogP contribution in [0.5, 0.6) is 5.75 Å². The number of anilines is 1. The van der Waals surface area contributed by atoms with Gasteiger partial charge in [0.25, 0.3) is 0 Å². The Hall–Kier alpha value is -6.77. The molecule has 6 rings (SSSR count). The maximum Gasteiger partial charge on any atom is 0.412 e. The minimum absolute atomic E-state index is 0.0269. The number of fused-ring (bicyclic) bond motifs is 3. The van der Waals surface area contributed by atoms with Gasteiger partial charge in [-0.2, -0.15) is 0 Å². The van der Waals surface area contributed by atoms with Crippen LogP contribution < -0.4 is 15.4 Å². The van der Waals surface area contributed by atoms with E-state index in [9.17, 15) is 38.7 Å². The summed E-state index contributed by atoms with van der Waals surface area (Å²) in [4.78, 5) is 90.8. The van der Waals surface area contributed by atoms with Crippen LogP contribution >= 0.6 is 0 Å². The standard InChI is InChI=1S/C45H51N3O17/c1-25(50)61-38-39(62-26(2)51)41(63-27(3)52)43(65-40(38)42(54)57-4)64-35-16-15-28(23-60-45(56)48-19-21-58-37(48)14-9-20-49)22-34(35)47-36(53)17-18-46-44(55)59-24-33-31-12-7-5-10-29(31)30-11-6-8-13-32(30)33/h5-8,10-13,15-16,22,33,37-41,43,49H,9,14,17-21,23-24H2,1-4H3,(H,46,55)(H,47,53)/t37?,38-,39+,40-,41-,43+/m0/s1. The molecule has 20 heteroatoms.